The van der Waals surface area contributed by atoms with E-state index in [4.69, 9.17) is 0 Å². The maximum absolute atomic E-state index is 12.4. The minimum atomic E-state index is -0.370. The number of nitrogens with zero attached hydrogens (tertiary/aromatic N) is 2. The Morgan fingerprint density at radius 1 is 1.38 bits per heavy atom. The Balaban J connectivity index is 1.91. The Morgan fingerprint density at radius 2 is 2.14 bits per heavy atom. The number of benzene rings is 1. The molecule has 0 spiro atoms. The molecule has 1 aromatic carbocycles. The number of amides is 1. The summed E-state index contributed by atoms with van der Waals surface area (Å²) >= 11 is 0. The zero-order valence-corrected chi connectivity index (χ0v) is 12.5. The fraction of sp³-hybridized carbons (Fsp3) is 0.412. The third kappa shape index (κ3) is 2.63. The predicted molar refractivity (Wildman–Crippen MR) is 82.1 cm³/mol. The van der Waals surface area contributed by atoms with Gasteiger partial charge in [0.1, 0.15) is 0 Å². The number of carbonyl (C=O) groups is 1. The van der Waals surface area contributed by atoms with Crippen LogP contribution in [0, 0.1) is 13.8 Å². The van der Waals surface area contributed by atoms with Crippen LogP contribution < -0.4 is 0 Å². The van der Waals surface area contributed by atoms with Crippen molar-refractivity contribution in [2.45, 2.75) is 32.8 Å². The van der Waals surface area contributed by atoms with Gasteiger partial charge >= 0.3 is 0 Å². The maximum Gasteiger partial charge on any atom is 0.227 e. The van der Waals surface area contributed by atoms with Gasteiger partial charge in [-0.1, -0.05) is 18.2 Å². The van der Waals surface area contributed by atoms with Crippen molar-refractivity contribution in [3.05, 3.63) is 41.1 Å². The van der Waals surface area contributed by atoms with Crippen LogP contribution in [0.25, 0.3) is 10.9 Å². The van der Waals surface area contributed by atoms with Crippen LogP contribution in [0.4, 0.5) is 0 Å². The number of pyridine rings is 1. The molecule has 0 saturated carbocycles. The first-order valence-corrected chi connectivity index (χ1v) is 7.37. The molecule has 3 rings (SSSR count). The van der Waals surface area contributed by atoms with Gasteiger partial charge in [0.25, 0.3) is 0 Å². The predicted octanol–water partition coefficient (Wildman–Crippen LogP) is 1.99. The molecule has 0 bridgehead atoms. The molecule has 1 aliphatic rings. The molecule has 0 aliphatic carbocycles. The van der Waals surface area contributed by atoms with Crippen molar-refractivity contribution in [2.75, 3.05) is 13.1 Å². The van der Waals surface area contributed by atoms with Crippen LogP contribution in [0.3, 0.4) is 0 Å². The normalized spacial score (nSPS) is 18.4. The van der Waals surface area contributed by atoms with E-state index in [1.807, 2.05) is 31.2 Å². The number of aliphatic hydroxyl groups excluding tert-OH is 1. The second kappa shape index (κ2) is 5.45. The number of hydrogen-bond donors (Lipinski definition) is 1. The van der Waals surface area contributed by atoms with E-state index in [0.717, 1.165) is 27.7 Å². The lowest BCUT2D eigenvalue weighted by atomic mass is 9.99. The van der Waals surface area contributed by atoms with Gasteiger partial charge in [0, 0.05) is 24.2 Å². The van der Waals surface area contributed by atoms with E-state index < -0.39 is 0 Å². The lowest BCUT2D eigenvalue weighted by molar-refractivity contribution is -0.129. The van der Waals surface area contributed by atoms with E-state index in [-0.39, 0.29) is 12.0 Å². The van der Waals surface area contributed by atoms with Crippen LogP contribution in [0.2, 0.25) is 0 Å². The van der Waals surface area contributed by atoms with E-state index in [2.05, 4.69) is 11.9 Å². The van der Waals surface area contributed by atoms with Gasteiger partial charge in [-0.05, 0) is 37.5 Å². The zero-order valence-electron chi connectivity index (χ0n) is 12.5. The van der Waals surface area contributed by atoms with Gasteiger partial charge in [-0.25, -0.2) is 0 Å². The molecule has 0 unspecified atom stereocenters. The molecule has 1 atom stereocenters. The summed E-state index contributed by atoms with van der Waals surface area (Å²) < 4.78 is 0. The number of fused-ring (bicyclic) bond motifs is 1. The zero-order chi connectivity index (χ0) is 15.0. The molecule has 1 fully saturated rings. The third-order valence-corrected chi connectivity index (χ3v) is 4.33. The molecule has 1 saturated heterocycles. The molecule has 110 valence electrons. The molecule has 4 heteroatoms. The van der Waals surface area contributed by atoms with Crippen molar-refractivity contribution in [3.63, 3.8) is 0 Å². The molecule has 1 N–H and O–H groups in total. The fourth-order valence-corrected chi connectivity index (χ4v) is 3.06. The summed E-state index contributed by atoms with van der Waals surface area (Å²) in [6, 6.07) is 8.02. The van der Waals surface area contributed by atoms with E-state index in [1.165, 1.54) is 0 Å². The van der Waals surface area contributed by atoms with E-state index in [9.17, 15) is 9.90 Å². The number of aromatic nitrogens is 1. The van der Waals surface area contributed by atoms with E-state index in [0.29, 0.717) is 25.9 Å². The molecular weight excluding hydrogens is 264 g/mol. The summed E-state index contributed by atoms with van der Waals surface area (Å²) in [6.45, 7) is 5.12. The summed E-state index contributed by atoms with van der Waals surface area (Å²) in [4.78, 5) is 18.7. The van der Waals surface area contributed by atoms with Crippen molar-refractivity contribution >= 4 is 16.8 Å². The quantitative estimate of drug-likeness (QED) is 0.917. The monoisotopic (exact) mass is 284 g/mol. The summed E-state index contributed by atoms with van der Waals surface area (Å²) in [5.41, 5.74) is 4.03. The number of likely N-dealkylation sites (tertiary alicyclic amines) is 1. The average molecular weight is 284 g/mol. The van der Waals surface area contributed by atoms with Crippen molar-refractivity contribution in [1.82, 2.24) is 9.88 Å². The minimum absolute atomic E-state index is 0.0785. The van der Waals surface area contributed by atoms with Gasteiger partial charge in [0.15, 0.2) is 0 Å². The molecule has 4 nitrogen and oxygen atoms in total. The maximum atomic E-state index is 12.4. The number of aliphatic hydroxyl groups is 1. The van der Waals surface area contributed by atoms with Gasteiger partial charge in [0.2, 0.25) is 5.91 Å². The summed E-state index contributed by atoms with van der Waals surface area (Å²) in [7, 11) is 0. The van der Waals surface area contributed by atoms with E-state index >= 15 is 0 Å². The van der Waals surface area contributed by atoms with Crippen LogP contribution in [0.15, 0.2) is 24.3 Å². The molecule has 1 amide bonds. The van der Waals surface area contributed by atoms with Gasteiger partial charge in [-0.15, -0.1) is 0 Å². The second-order valence-electron chi connectivity index (χ2n) is 5.78. The Labute approximate surface area is 124 Å². The Bertz CT molecular complexity index is 696. The van der Waals surface area contributed by atoms with Crippen LogP contribution in [0.5, 0.6) is 0 Å². The SMILES string of the molecule is Cc1nc2ccccc2c(C)c1CC(=O)N1CC[C@@H](O)C1. The van der Waals surface area contributed by atoms with Gasteiger partial charge in [-0.2, -0.15) is 0 Å². The Morgan fingerprint density at radius 3 is 2.86 bits per heavy atom. The summed E-state index contributed by atoms with van der Waals surface area (Å²) in [5, 5.41) is 10.7. The van der Waals surface area contributed by atoms with Crippen molar-refractivity contribution in [1.29, 1.82) is 0 Å². The first-order valence-electron chi connectivity index (χ1n) is 7.37. The molecule has 1 aliphatic heterocycles. The summed E-state index contributed by atoms with van der Waals surface area (Å²) in [5.74, 6) is 0.0785. The summed E-state index contributed by atoms with van der Waals surface area (Å²) in [6.07, 6.45) is 0.674. The van der Waals surface area contributed by atoms with Crippen LogP contribution in [-0.2, 0) is 11.2 Å². The molecular formula is C17H20N2O2. The van der Waals surface area contributed by atoms with Crippen LogP contribution in [0.1, 0.15) is 23.2 Å². The van der Waals surface area contributed by atoms with Crippen molar-refractivity contribution in [2.24, 2.45) is 0 Å². The molecule has 2 aromatic rings. The highest BCUT2D eigenvalue weighted by Gasteiger charge is 2.25. The lowest BCUT2D eigenvalue weighted by Crippen LogP contribution is -2.31. The molecule has 1 aromatic heterocycles. The molecule has 2 heterocycles. The molecule has 21 heavy (non-hydrogen) atoms. The smallest absolute Gasteiger partial charge is 0.227 e. The van der Waals surface area contributed by atoms with Crippen LogP contribution in [-0.4, -0.2) is 40.1 Å². The second-order valence-corrected chi connectivity index (χ2v) is 5.78. The third-order valence-electron chi connectivity index (χ3n) is 4.33. The van der Waals surface area contributed by atoms with Crippen LogP contribution >= 0.6 is 0 Å². The fourth-order valence-electron chi connectivity index (χ4n) is 3.06. The first kappa shape index (κ1) is 14.0. The highest BCUT2D eigenvalue weighted by Crippen LogP contribution is 2.23. The van der Waals surface area contributed by atoms with Gasteiger partial charge < -0.3 is 10.0 Å². The number of aryl methyl sites for hydroxylation is 2. The highest BCUT2D eigenvalue weighted by atomic mass is 16.3. The molecule has 0 radical (unpaired) electrons. The van der Waals surface area contributed by atoms with Gasteiger partial charge in [-0.3, -0.25) is 9.78 Å². The Hall–Kier alpha value is -1.94. The van der Waals surface area contributed by atoms with Gasteiger partial charge in [0.05, 0.1) is 18.0 Å². The van der Waals surface area contributed by atoms with E-state index in [1.54, 1.807) is 4.90 Å². The average Bonchev–Trinajstić information content (AvgIpc) is 2.90. The topological polar surface area (TPSA) is 53.4 Å². The number of carbonyl (C=O) groups excluding carboxylic acids is 1. The number of para-hydroxylation sites is 1. The first-order chi connectivity index (χ1) is 10.1. The van der Waals surface area contributed by atoms with Crippen molar-refractivity contribution < 1.29 is 9.90 Å². The Kier molecular flexibility index (Phi) is 3.64. The minimum Gasteiger partial charge on any atom is -0.391 e. The number of hydrogen-bond acceptors (Lipinski definition) is 3. The lowest BCUT2D eigenvalue weighted by Gasteiger charge is -2.18. The largest absolute Gasteiger partial charge is 0.391 e. The highest BCUT2D eigenvalue weighted by molar-refractivity contribution is 5.86. The number of β-amino-alcohol motifs (C(OH)–C–C–N with tert-alkyl or cyclic N) is 1. The standard InChI is InChI=1S/C17H20N2O2/c1-11-14-5-3-4-6-16(14)18-12(2)15(11)9-17(21)19-8-7-13(20)10-19/h3-6,13,20H,7-10H2,1-2H3/t13-/m1/s1. The number of rotatable bonds is 2. The van der Waals surface area contributed by atoms with Crippen molar-refractivity contribution in [3.8, 4) is 0 Å².